The average molecular weight is 374 g/mol. The molecule has 0 N–H and O–H groups in total. The predicted molar refractivity (Wildman–Crippen MR) is 103 cm³/mol. The molecule has 0 fully saturated rings. The lowest BCUT2D eigenvalue weighted by Gasteiger charge is -2.29. The van der Waals surface area contributed by atoms with E-state index < -0.39 is 23.9 Å². The van der Waals surface area contributed by atoms with Crippen molar-refractivity contribution in [1.29, 1.82) is 0 Å². The van der Waals surface area contributed by atoms with Gasteiger partial charge in [-0.25, -0.2) is 14.4 Å². The summed E-state index contributed by atoms with van der Waals surface area (Å²) in [6, 6.07) is 0. The van der Waals surface area contributed by atoms with E-state index in [1.807, 2.05) is 0 Å². The Kier molecular flexibility index (Phi) is 12.4. The Labute approximate surface area is 160 Å². The highest BCUT2D eigenvalue weighted by atomic mass is 16.9. The van der Waals surface area contributed by atoms with E-state index in [-0.39, 0.29) is 6.42 Å². The van der Waals surface area contributed by atoms with Crippen molar-refractivity contribution in [1.82, 2.24) is 0 Å². The fraction of sp³-hybridized carbons (Fsp3) is 0.286. The van der Waals surface area contributed by atoms with Crippen molar-refractivity contribution >= 4 is 17.9 Å². The van der Waals surface area contributed by atoms with E-state index in [0.717, 1.165) is 18.2 Å². The molecule has 0 rings (SSSR count). The number of esters is 3. The Morgan fingerprint density at radius 2 is 0.926 bits per heavy atom. The molecule has 6 nitrogen and oxygen atoms in total. The molecule has 0 aromatic carbocycles. The lowest BCUT2D eigenvalue weighted by molar-refractivity contribution is -0.325. The first-order valence-electron chi connectivity index (χ1n) is 8.50. The largest absolute Gasteiger partial charge is 0.423 e. The van der Waals surface area contributed by atoms with Gasteiger partial charge in [0.1, 0.15) is 0 Å². The van der Waals surface area contributed by atoms with Gasteiger partial charge in [0.25, 0.3) is 0 Å². The molecule has 0 aromatic rings. The maximum Gasteiger partial charge on any atom is 0.423 e. The average Bonchev–Trinajstić information content (AvgIpc) is 2.62. The molecule has 0 aromatic heterocycles. The number of hydrogen-bond donors (Lipinski definition) is 0. The van der Waals surface area contributed by atoms with Crippen molar-refractivity contribution < 1.29 is 28.6 Å². The number of carbonyl (C=O) groups excluding carboxylic acids is 3. The summed E-state index contributed by atoms with van der Waals surface area (Å²) in [5, 5.41) is 0. The molecular formula is C21H26O6. The van der Waals surface area contributed by atoms with E-state index >= 15 is 0 Å². The minimum absolute atomic E-state index is 0.0947. The fourth-order valence-corrected chi connectivity index (χ4v) is 1.58. The van der Waals surface area contributed by atoms with Gasteiger partial charge in [0.05, 0.1) is 6.42 Å². The summed E-state index contributed by atoms with van der Waals surface area (Å²) >= 11 is 0. The number of ether oxygens (including phenoxy) is 3. The van der Waals surface area contributed by atoms with Crippen LogP contribution < -0.4 is 0 Å². The molecule has 27 heavy (non-hydrogen) atoms. The molecule has 0 bridgehead atoms. The summed E-state index contributed by atoms with van der Waals surface area (Å²) in [4.78, 5) is 36.0. The van der Waals surface area contributed by atoms with Crippen LogP contribution in [0.2, 0.25) is 0 Å². The molecule has 0 aliphatic heterocycles. The Hall–Kier alpha value is -3.15. The van der Waals surface area contributed by atoms with Crippen LogP contribution in [0, 0.1) is 0 Å². The number of carbonyl (C=O) groups is 3. The highest BCUT2D eigenvalue weighted by Gasteiger charge is 2.40. The second-order valence-corrected chi connectivity index (χ2v) is 4.95. The van der Waals surface area contributed by atoms with Gasteiger partial charge in [-0.15, -0.1) is 0 Å². The molecule has 0 aliphatic carbocycles. The van der Waals surface area contributed by atoms with E-state index in [1.165, 1.54) is 18.2 Å². The van der Waals surface area contributed by atoms with E-state index in [0.29, 0.717) is 0 Å². The maximum absolute atomic E-state index is 12.0. The van der Waals surface area contributed by atoms with Gasteiger partial charge in [0.15, 0.2) is 0 Å². The smallest absolute Gasteiger partial charge is 0.385 e. The summed E-state index contributed by atoms with van der Waals surface area (Å²) in [5.74, 6) is -4.66. The van der Waals surface area contributed by atoms with Crippen LogP contribution in [0.1, 0.15) is 34.1 Å². The van der Waals surface area contributed by atoms with Gasteiger partial charge in [0, 0.05) is 18.2 Å². The summed E-state index contributed by atoms with van der Waals surface area (Å²) in [7, 11) is 0. The van der Waals surface area contributed by atoms with Crippen molar-refractivity contribution in [2.45, 2.75) is 40.1 Å². The first kappa shape index (κ1) is 23.9. The lowest BCUT2D eigenvalue weighted by atomic mass is 10.3. The summed E-state index contributed by atoms with van der Waals surface area (Å²) in [6.07, 6.45) is 17.6. The highest BCUT2D eigenvalue weighted by Crippen LogP contribution is 2.22. The van der Waals surface area contributed by atoms with Gasteiger partial charge in [0.2, 0.25) is 0 Å². The maximum atomic E-state index is 12.0. The molecule has 0 aliphatic rings. The minimum Gasteiger partial charge on any atom is -0.385 e. The Balaban J connectivity index is 5.48. The Morgan fingerprint density at radius 1 is 0.630 bits per heavy atom. The van der Waals surface area contributed by atoms with Gasteiger partial charge >= 0.3 is 23.9 Å². The van der Waals surface area contributed by atoms with Crippen molar-refractivity contribution in [2.75, 3.05) is 0 Å². The monoisotopic (exact) mass is 374 g/mol. The quantitative estimate of drug-likeness (QED) is 0.248. The van der Waals surface area contributed by atoms with Gasteiger partial charge in [-0.2, -0.15) is 0 Å². The van der Waals surface area contributed by atoms with Crippen LogP contribution >= 0.6 is 0 Å². The molecule has 0 saturated heterocycles. The zero-order valence-electron chi connectivity index (χ0n) is 16.1. The molecule has 0 spiro atoms. The van der Waals surface area contributed by atoms with Crippen molar-refractivity contribution in [3.63, 3.8) is 0 Å². The number of allylic oxidation sites excluding steroid dienone is 9. The third kappa shape index (κ3) is 11.1. The van der Waals surface area contributed by atoms with Gasteiger partial charge in [-0.3, -0.25) is 0 Å². The number of hydrogen-bond acceptors (Lipinski definition) is 6. The molecule has 0 amide bonds. The molecular weight excluding hydrogens is 348 g/mol. The van der Waals surface area contributed by atoms with Crippen LogP contribution in [0.4, 0.5) is 0 Å². The van der Waals surface area contributed by atoms with Crippen LogP contribution in [0.25, 0.3) is 0 Å². The van der Waals surface area contributed by atoms with Crippen LogP contribution in [0.3, 0.4) is 0 Å². The second kappa shape index (κ2) is 14.1. The fourth-order valence-electron chi connectivity index (χ4n) is 1.58. The molecule has 146 valence electrons. The van der Waals surface area contributed by atoms with E-state index in [9.17, 15) is 14.4 Å². The zero-order valence-corrected chi connectivity index (χ0v) is 16.1. The SMILES string of the molecule is C/C=C/C=C/C(=O)OC(CC)(OC(=O)/C=C/C=C/C)OC(=O)/C=C/C=C/C. The predicted octanol–water partition coefficient (Wildman–Crippen LogP) is 4.08. The summed E-state index contributed by atoms with van der Waals surface area (Å²) in [6.45, 7) is 6.89. The molecule has 0 atom stereocenters. The normalized spacial score (nSPS) is 12.9. The van der Waals surface area contributed by atoms with Crippen LogP contribution in [-0.2, 0) is 28.6 Å². The van der Waals surface area contributed by atoms with Crippen molar-refractivity contribution in [2.24, 2.45) is 0 Å². The van der Waals surface area contributed by atoms with Crippen LogP contribution in [-0.4, -0.2) is 23.9 Å². The standard InChI is InChI=1S/C21H26O6/c1-5-9-12-15-18(22)25-21(8-4,26-19(23)16-13-10-6-2)27-20(24)17-14-11-7-3/h5-7,9-17H,8H2,1-4H3/b9-5+,10-6+,11-7+,15-12+,16-13+,17-14+. The summed E-state index contributed by atoms with van der Waals surface area (Å²) in [5.41, 5.74) is 0. The lowest BCUT2D eigenvalue weighted by Crippen LogP contribution is -2.43. The first-order valence-corrected chi connectivity index (χ1v) is 8.50. The third-order valence-corrected chi connectivity index (χ3v) is 2.81. The molecule has 0 saturated carbocycles. The Morgan fingerprint density at radius 3 is 1.15 bits per heavy atom. The van der Waals surface area contributed by atoms with Gasteiger partial charge in [-0.1, -0.05) is 61.6 Å². The zero-order chi connectivity index (χ0) is 20.5. The van der Waals surface area contributed by atoms with Gasteiger partial charge < -0.3 is 14.2 Å². The molecule has 0 radical (unpaired) electrons. The topological polar surface area (TPSA) is 78.9 Å². The highest BCUT2D eigenvalue weighted by molar-refractivity contribution is 5.86. The molecule has 0 heterocycles. The van der Waals surface area contributed by atoms with Gasteiger partial charge in [-0.05, 0) is 20.8 Å². The van der Waals surface area contributed by atoms with E-state index in [2.05, 4.69) is 0 Å². The van der Waals surface area contributed by atoms with Crippen LogP contribution in [0.5, 0.6) is 0 Å². The minimum atomic E-state index is -2.17. The number of rotatable bonds is 10. The van der Waals surface area contributed by atoms with Crippen molar-refractivity contribution in [3.8, 4) is 0 Å². The summed E-state index contributed by atoms with van der Waals surface area (Å²) < 4.78 is 15.4. The third-order valence-electron chi connectivity index (χ3n) is 2.81. The molecule has 0 unspecified atom stereocenters. The van der Waals surface area contributed by atoms with E-state index in [4.69, 9.17) is 14.2 Å². The molecule has 6 heteroatoms. The van der Waals surface area contributed by atoms with Crippen LogP contribution in [0.15, 0.2) is 72.9 Å². The second-order valence-electron chi connectivity index (χ2n) is 4.95. The first-order chi connectivity index (χ1) is 12.9. The Bertz CT molecular complexity index is 574. The van der Waals surface area contributed by atoms with E-state index in [1.54, 1.807) is 64.2 Å². The van der Waals surface area contributed by atoms with Crippen molar-refractivity contribution in [3.05, 3.63) is 72.9 Å².